The Labute approximate surface area is 151 Å². The molecule has 8 heteroatoms. The largest absolute Gasteiger partial charge is 0.488 e. The lowest BCUT2D eigenvalue weighted by Gasteiger charge is -2.14. The highest BCUT2D eigenvalue weighted by Gasteiger charge is 2.08. The van der Waals surface area contributed by atoms with Crippen LogP contribution in [0.2, 0.25) is 0 Å². The molecule has 3 rings (SSSR count). The highest BCUT2D eigenvalue weighted by atomic mass is 79.9. The highest BCUT2D eigenvalue weighted by Crippen LogP contribution is 2.24. The monoisotopic (exact) mass is 408 g/mol. The molecule has 24 heavy (non-hydrogen) atoms. The number of halogens is 2. The summed E-state index contributed by atoms with van der Waals surface area (Å²) in [6, 6.07) is 12.2. The number of aromatic nitrogens is 3. The van der Waals surface area contributed by atoms with Gasteiger partial charge < -0.3 is 10.2 Å². The summed E-state index contributed by atoms with van der Waals surface area (Å²) in [7, 11) is 0. The highest BCUT2D eigenvalue weighted by molar-refractivity contribution is 9.10. The van der Waals surface area contributed by atoms with Crippen molar-refractivity contribution in [1.29, 1.82) is 0 Å². The Morgan fingerprint density at radius 1 is 1.25 bits per heavy atom. The van der Waals surface area contributed by atoms with Crippen LogP contribution in [0.4, 0.5) is 4.39 Å². The Balaban J connectivity index is 1.74. The second-order valence-electron chi connectivity index (χ2n) is 5.00. The first-order chi connectivity index (χ1) is 11.6. The van der Waals surface area contributed by atoms with Gasteiger partial charge in [-0.2, -0.15) is 5.10 Å². The van der Waals surface area contributed by atoms with Gasteiger partial charge in [-0.05, 0) is 36.5 Å². The van der Waals surface area contributed by atoms with Gasteiger partial charge in [0.2, 0.25) is 4.77 Å². The molecular weight excluding hydrogens is 395 g/mol. The fraction of sp³-hybridized carbons (Fsp3) is 0.125. The molecule has 0 saturated carbocycles. The topological polar surface area (TPSA) is 54.9 Å². The fourth-order valence-corrected chi connectivity index (χ4v) is 2.70. The van der Waals surface area contributed by atoms with E-state index in [0.717, 1.165) is 10.0 Å². The maximum atomic E-state index is 13.7. The molecule has 3 aromatic rings. The van der Waals surface area contributed by atoms with Gasteiger partial charge in [0, 0.05) is 15.6 Å². The molecule has 1 heterocycles. The zero-order valence-corrected chi connectivity index (χ0v) is 14.9. The van der Waals surface area contributed by atoms with E-state index in [-0.39, 0.29) is 12.4 Å². The van der Waals surface area contributed by atoms with Crippen LogP contribution in [0.5, 0.6) is 5.75 Å². The Hall–Kier alpha value is -2.19. The maximum Gasteiger partial charge on any atom is 0.214 e. The normalized spacial score (nSPS) is 10.6. The second kappa shape index (κ2) is 7.59. The van der Waals surface area contributed by atoms with Crippen molar-refractivity contribution in [2.24, 2.45) is 0 Å². The van der Waals surface area contributed by atoms with E-state index in [2.05, 4.69) is 31.6 Å². The Bertz CT molecular complexity index is 896. The number of ether oxygens (including phenoxy) is 1. The van der Waals surface area contributed by atoms with Crippen LogP contribution in [-0.2, 0) is 13.2 Å². The van der Waals surface area contributed by atoms with Crippen LogP contribution in [0.15, 0.2) is 53.3 Å². The first kappa shape index (κ1) is 16.7. The molecule has 2 aromatic carbocycles. The van der Waals surface area contributed by atoms with Gasteiger partial charge in [0.05, 0.1) is 6.54 Å². The summed E-state index contributed by atoms with van der Waals surface area (Å²) in [5.74, 6) is 0.392. The van der Waals surface area contributed by atoms with Crippen LogP contribution < -0.4 is 10.2 Å². The van der Waals surface area contributed by atoms with E-state index in [1.807, 2.05) is 18.2 Å². The Kier molecular flexibility index (Phi) is 5.27. The number of nitrogens with one attached hydrogen (secondary N) is 2. The van der Waals surface area contributed by atoms with Gasteiger partial charge in [-0.3, -0.25) is 5.10 Å². The lowest BCUT2D eigenvalue weighted by atomic mass is 10.2. The van der Waals surface area contributed by atoms with Gasteiger partial charge in [-0.15, -0.1) is 0 Å². The zero-order valence-electron chi connectivity index (χ0n) is 12.5. The Morgan fingerprint density at radius 3 is 2.83 bits per heavy atom. The van der Waals surface area contributed by atoms with Crippen LogP contribution in [0.3, 0.4) is 0 Å². The van der Waals surface area contributed by atoms with Crippen LogP contribution in [-0.4, -0.2) is 14.9 Å². The first-order valence-electron chi connectivity index (χ1n) is 7.14. The SMILES string of the molecule is Fc1ccccc1COc1ccc(Br)cc1CNn1cn[nH]c1=S. The number of rotatable bonds is 6. The van der Waals surface area contributed by atoms with Gasteiger partial charge in [0.15, 0.2) is 0 Å². The average molecular weight is 409 g/mol. The number of hydrogen-bond acceptors (Lipinski definition) is 4. The standard InChI is InChI=1S/C16H14BrFN4OS/c17-13-5-6-15(23-9-11-3-1-2-4-14(11)18)12(7-13)8-20-22-10-19-21-16(22)24/h1-7,10,20H,8-9H2,(H,21,24). The van der Waals surface area contributed by atoms with Crippen molar-refractivity contribution in [3.05, 3.63) is 75.0 Å². The molecular formula is C16H14BrFN4OS. The number of nitrogens with zero attached hydrogens (tertiary/aromatic N) is 2. The lowest BCUT2D eigenvalue weighted by Crippen LogP contribution is -2.14. The van der Waals surface area contributed by atoms with Crippen LogP contribution in [0.1, 0.15) is 11.1 Å². The molecule has 0 amide bonds. The molecule has 5 nitrogen and oxygen atoms in total. The predicted octanol–water partition coefficient (Wildman–Crippen LogP) is 4.16. The molecule has 0 spiro atoms. The third-order valence-electron chi connectivity index (χ3n) is 3.36. The third-order valence-corrected chi connectivity index (χ3v) is 4.14. The molecule has 0 radical (unpaired) electrons. The summed E-state index contributed by atoms with van der Waals surface area (Å²) in [5.41, 5.74) is 4.55. The van der Waals surface area contributed by atoms with Crippen LogP contribution >= 0.6 is 28.1 Å². The van der Waals surface area contributed by atoms with Crippen molar-refractivity contribution in [3.8, 4) is 5.75 Å². The quantitative estimate of drug-likeness (QED) is 0.601. The van der Waals surface area contributed by atoms with Crippen LogP contribution in [0.25, 0.3) is 0 Å². The first-order valence-corrected chi connectivity index (χ1v) is 8.34. The van der Waals surface area contributed by atoms with Gasteiger partial charge in [-0.25, -0.2) is 9.07 Å². The van der Waals surface area contributed by atoms with Crippen molar-refractivity contribution in [1.82, 2.24) is 14.9 Å². The molecule has 0 aliphatic heterocycles. The molecule has 124 valence electrons. The minimum atomic E-state index is -0.279. The number of aromatic amines is 1. The number of benzene rings is 2. The summed E-state index contributed by atoms with van der Waals surface area (Å²) < 4.78 is 22.5. The van der Waals surface area contributed by atoms with Crippen molar-refractivity contribution in [2.75, 3.05) is 5.43 Å². The lowest BCUT2D eigenvalue weighted by molar-refractivity contribution is 0.297. The van der Waals surface area contributed by atoms with Gasteiger partial charge in [-0.1, -0.05) is 34.1 Å². The van der Waals surface area contributed by atoms with Gasteiger partial charge in [0.25, 0.3) is 0 Å². The zero-order chi connectivity index (χ0) is 16.9. The van der Waals surface area contributed by atoms with Crippen molar-refractivity contribution in [3.63, 3.8) is 0 Å². The molecule has 0 aliphatic rings. The van der Waals surface area contributed by atoms with E-state index in [4.69, 9.17) is 17.0 Å². The molecule has 0 atom stereocenters. The Morgan fingerprint density at radius 2 is 2.08 bits per heavy atom. The van der Waals surface area contributed by atoms with Gasteiger partial charge in [0.1, 0.15) is 24.5 Å². The van der Waals surface area contributed by atoms with Crippen molar-refractivity contribution in [2.45, 2.75) is 13.2 Å². The minimum Gasteiger partial charge on any atom is -0.488 e. The smallest absolute Gasteiger partial charge is 0.214 e. The predicted molar refractivity (Wildman–Crippen MR) is 95.4 cm³/mol. The average Bonchev–Trinajstić information content (AvgIpc) is 2.98. The molecule has 0 bridgehead atoms. The maximum absolute atomic E-state index is 13.7. The van der Waals surface area contributed by atoms with Gasteiger partial charge >= 0.3 is 0 Å². The number of hydrogen-bond donors (Lipinski definition) is 2. The van der Waals surface area contributed by atoms with E-state index >= 15 is 0 Å². The minimum absolute atomic E-state index is 0.159. The third kappa shape index (κ3) is 4.01. The van der Waals surface area contributed by atoms with E-state index in [9.17, 15) is 4.39 Å². The van der Waals surface area contributed by atoms with E-state index < -0.39 is 0 Å². The second-order valence-corrected chi connectivity index (χ2v) is 6.30. The molecule has 2 N–H and O–H groups in total. The molecule has 0 saturated heterocycles. The van der Waals surface area contributed by atoms with E-state index in [0.29, 0.717) is 22.6 Å². The number of H-pyrrole nitrogens is 1. The van der Waals surface area contributed by atoms with E-state index in [1.165, 1.54) is 6.07 Å². The molecule has 0 aliphatic carbocycles. The molecule has 0 fully saturated rings. The summed E-state index contributed by atoms with van der Waals surface area (Å²) >= 11 is 8.54. The summed E-state index contributed by atoms with van der Waals surface area (Å²) in [6.45, 7) is 0.631. The van der Waals surface area contributed by atoms with Crippen LogP contribution in [0, 0.1) is 10.6 Å². The molecule has 1 aromatic heterocycles. The summed E-state index contributed by atoms with van der Waals surface area (Å²) in [5, 5.41) is 6.52. The molecule has 0 unspecified atom stereocenters. The van der Waals surface area contributed by atoms with Crippen molar-refractivity contribution < 1.29 is 9.13 Å². The summed E-state index contributed by atoms with van der Waals surface area (Å²) in [6.07, 6.45) is 1.56. The fourth-order valence-electron chi connectivity index (χ4n) is 2.13. The van der Waals surface area contributed by atoms with Crippen molar-refractivity contribution >= 4 is 28.1 Å². The van der Waals surface area contributed by atoms with E-state index in [1.54, 1.807) is 29.2 Å². The summed E-state index contributed by atoms with van der Waals surface area (Å²) in [4.78, 5) is 0.